The van der Waals surface area contributed by atoms with Gasteiger partial charge in [0.25, 0.3) is 5.91 Å². The standard InChI is InChI=1S/C15H19NO3/c1-11-4-6-12(7-5-11)13(17)16-9-3-8-15(2,10-16)14(18)19/h4-7H,3,8-10H2,1-2H3,(H,18,19). The molecule has 1 unspecified atom stereocenters. The van der Waals surface area contributed by atoms with Crippen molar-refractivity contribution >= 4 is 11.9 Å². The highest BCUT2D eigenvalue weighted by Crippen LogP contribution is 2.30. The Morgan fingerprint density at radius 1 is 1.26 bits per heavy atom. The minimum atomic E-state index is -0.825. The molecule has 1 saturated heterocycles. The quantitative estimate of drug-likeness (QED) is 0.888. The fourth-order valence-corrected chi connectivity index (χ4v) is 2.47. The van der Waals surface area contributed by atoms with Crippen molar-refractivity contribution in [1.29, 1.82) is 0 Å². The molecule has 0 aromatic heterocycles. The van der Waals surface area contributed by atoms with Crippen molar-refractivity contribution in [2.45, 2.75) is 26.7 Å². The molecule has 1 fully saturated rings. The van der Waals surface area contributed by atoms with Crippen molar-refractivity contribution in [2.24, 2.45) is 5.41 Å². The van der Waals surface area contributed by atoms with Crippen molar-refractivity contribution in [1.82, 2.24) is 4.90 Å². The number of aliphatic carboxylic acids is 1. The molecule has 1 N–H and O–H groups in total. The molecule has 4 heteroatoms. The SMILES string of the molecule is Cc1ccc(C(=O)N2CCCC(C)(C(=O)O)C2)cc1. The first-order chi connectivity index (χ1) is 8.92. The second-order valence-electron chi connectivity index (χ2n) is 5.56. The highest BCUT2D eigenvalue weighted by Gasteiger charge is 2.39. The van der Waals surface area contributed by atoms with Gasteiger partial charge in [-0.2, -0.15) is 0 Å². The van der Waals surface area contributed by atoms with Gasteiger partial charge in [0.1, 0.15) is 0 Å². The zero-order valence-corrected chi connectivity index (χ0v) is 11.3. The first-order valence-corrected chi connectivity index (χ1v) is 6.52. The molecule has 1 aliphatic rings. The number of amides is 1. The Balaban J connectivity index is 2.15. The van der Waals surface area contributed by atoms with Crippen LogP contribution in [0, 0.1) is 12.3 Å². The number of carboxylic acids is 1. The monoisotopic (exact) mass is 261 g/mol. The Bertz CT molecular complexity index is 495. The maximum absolute atomic E-state index is 12.4. The van der Waals surface area contributed by atoms with E-state index in [2.05, 4.69) is 0 Å². The molecule has 1 aromatic rings. The number of carbonyl (C=O) groups is 2. The van der Waals surface area contributed by atoms with Gasteiger partial charge >= 0.3 is 5.97 Å². The van der Waals surface area contributed by atoms with E-state index >= 15 is 0 Å². The van der Waals surface area contributed by atoms with Gasteiger partial charge in [-0.3, -0.25) is 9.59 Å². The van der Waals surface area contributed by atoms with Crippen molar-refractivity contribution in [2.75, 3.05) is 13.1 Å². The molecule has 0 aliphatic carbocycles. The minimum absolute atomic E-state index is 0.0767. The number of benzene rings is 1. The molecule has 1 aromatic carbocycles. The molecule has 0 bridgehead atoms. The smallest absolute Gasteiger partial charge is 0.311 e. The molecule has 1 amide bonds. The van der Waals surface area contributed by atoms with Crippen molar-refractivity contribution in [3.63, 3.8) is 0 Å². The molecule has 1 aliphatic heterocycles. The number of aryl methyl sites for hydroxylation is 1. The third-order valence-electron chi connectivity index (χ3n) is 3.80. The van der Waals surface area contributed by atoms with Gasteiger partial charge in [0.2, 0.25) is 0 Å². The number of nitrogens with zero attached hydrogens (tertiary/aromatic N) is 1. The molecule has 0 radical (unpaired) electrons. The van der Waals surface area contributed by atoms with Crippen molar-refractivity contribution < 1.29 is 14.7 Å². The normalized spacial score (nSPS) is 23.2. The Morgan fingerprint density at radius 3 is 2.47 bits per heavy atom. The summed E-state index contributed by atoms with van der Waals surface area (Å²) in [5.74, 6) is -0.902. The van der Waals surface area contributed by atoms with E-state index in [4.69, 9.17) is 0 Å². The maximum Gasteiger partial charge on any atom is 0.311 e. The molecule has 0 saturated carbocycles. The number of rotatable bonds is 2. The summed E-state index contributed by atoms with van der Waals surface area (Å²) in [6.45, 7) is 4.60. The van der Waals surface area contributed by atoms with Crippen LogP contribution in [0.2, 0.25) is 0 Å². The zero-order valence-electron chi connectivity index (χ0n) is 11.3. The first-order valence-electron chi connectivity index (χ1n) is 6.52. The predicted molar refractivity (Wildman–Crippen MR) is 72.1 cm³/mol. The van der Waals surface area contributed by atoms with Gasteiger partial charge in [0, 0.05) is 18.7 Å². The van der Waals surface area contributed by atoms with E-state index in [-0.39, 0.29) is 12.5 Å². The van der Waals surface area contributed by atoms with Gasteiger partial charge in [-0.05, 0) is 38.8 Å². The van der Waals surface area contributed by atoms with Crippen LogP contribution in [0.4, 0.5) is 0 Å². The van der Waals surface area contributed by atoms with Crippen LogP contribution >= 0.6 is 0 Å². The van der Waals surface area contributed by atoms with Crippen LogP contribution in [0.1, 0.15) is 35.7 Å². The molecular formula is C15H19NO3. The zero-order chi connectivity index (χ0) is 14.0. The molecule has 1 atom stereocenters. The van der Waals surface area contributed by atoms with Crippen molar-refractivity contribution in [3.8, 4) is 0 Å². The molecule has 4 nitrogen and oxygen atoms in total. The van der Waals surface area contributed by atoms with E-state index in [1.165, 1.54) is 0 Å². The minimum Gasteiger partial charge on any atom is -0.481 e. The van der Waals surface area contributed by atoms with E-state index in [0.29, 0.717) is 18.5 Å². The van der Waals surface area contributed by atoms with Crippen LogP contribution in [0.5, 0.6) is 0 Å². The van der Waals surface area contributed by atoms with Crippen LogP contribution in [0.3, 0.4) is 0 Å². The summed E-state index contributed by atoms with van der Waals surface area (Å²) in [4.78, 5) is 25.3. The topological polar surface area (TPSA) is 57.6 Å². The molecule has 1 heterocycles. The van der Waals surface area contributed by atoms with Crippen molar-refractivity contribution in [3.05, 3.63) is 35.4 Å². The third kappa shape index (κ3) is 2.78. The summed E-state index contributed by atoms with van der Waals surface area (Å²) in [7, 11) is 0. The number of hydrogen-bond acceptors (Lipinski definition) is 2. The van der Waals surface area contributed by atoms with E-state index in [0.717, 1.165) is 12.0 Å². The lowest BCUT2D eigenvalue weighted by molar-refractivity contribution is -0.150. The second-order valence-corrected chi connectivity index (χ2v) is 5.56. The predicted octanol–water partition coefficient (Wildman–Crippen LogP) is 2.32. The molecule has 19 heavy (non-hydrogen) atoms. The highest BCUT2D eigenvalue weighted by atomic mass is 16.4. The largest absolute Gasteiger partial charge is 0.481 e. The first kappa shape index (κ1) is 13.6. The van der Waals surface area contributed by atoms with Gasteiger partial charge in [0.05, 0.1) is 5.41 Å². The molecule has 102 valence electrons. The van der Waals surface area contributed by atoms with E-state index in [1.807, 2.05) is 19.1 Å². The summed E-state index contributed by atoms with van der Waals surface area (Å²) in [6, 6.07) is 7.38. The average molecular weight is 261 g/mol. The number of hydrogen-bond donors (Lipinski definition) is 1. The fraction of sp³-hybridized carbons (Fsp3) is 0.467. The Morgan fingerprint density at radius 2 is 1.89 bits per heavy atom. The third-order valence-corrected chi connectivity index (χ3v) is 3.80. The van der Waals surface area contributed by atoms with Crippen LogP contribution in [0.25, 0.3) is 0 Å². The van der Waals surface area contributed by atoms with Crippen LogP contribution in [0.15, 0.2) is 24.3 Å². The molecule has 0 spiro atoms. The fourth-order valence-electron chi connectivity index (χ4n) is 2.47. The van der Waals surface area contributed by atoms with Gasteiger partial charge in [-0.25, -0.2) is 0 Å². The summed E-state index contributed by atoms with van der Waals surface area (Å²) >= 11 is 0. The second kappa shape index (κ2) is 5.03. The van der Waals surface area contributed by atoms with Crippen LogP contribution in [-0.4, -0.2) is 35.0 Å². The van der Waals surface area contributed by atoms with Gasteiger partial charge in [0.15, 0.2) is 0 Å². The molecular weight excluding hydrogens is 242 g/mol. The average Bonchev–Trinajstić information content (AvgIpc) is 2.39. The Hall–Kier alpha value is -1.84. The molecule has 2 rings (SSSR count). The lowest BCUT2D eigenvalue weighted by atomic mass is 9.82. The Kier molecular flexibility index (Phi) is 3.60. The summed E-state index contributed by atoms with van der Waals surface area (Å²) in [6.07, 6.45) is 1.36. The van der Waals surface area contributed by atoms with E-state index in [1.54, 1.807) is 24.0 Å². The van der Waals surface area contributed by atoms with Crippen LogP contribution < -0.4 is 0 Å². The van der Waals surface area contributed by atoms with Gasteiger partial charge < -0.3 is 10.0 Å². The number of carbonyl (C=O) groups excluding carboxylic acids is 1. The summed E-state index contributed by atoms with van der Waals surface area (Å²) in [5.41, 5.74) is 0.907. The Labute approximate surface area is 113 Å². The lowest BCUT2D eigenvalue weighted by Gasteiger charge is -2.37. The van der Waals surface area contributed by atoms with E-state index in [9.17, 15) is 14.7 Å². The summed E-state index contributed by atoms with van der Waals surface area (Å²) in [5, 5.41) is 9.27. The lowest BCUT2D eigenvalue weighted by Crippen LogP contribution is -2.48. The number of likely N-dealkylation sites (tertiary alicyclic amines) is 1. The van der Waals surface area contributed by atoms with Crippen LogP contribution in [-0.2, 0) is 4.79 Å². The number of piperidine rings is 1. The van der Waals surface area contributed by atoms with Gasteiger partial charge in [-0.15, -0.1) is 0 Å². The van der Waals surface area contributed by atoms with Gasteiger partial charge in [-0.1, -0.05) is 17.7 Å². The highest BCUT2D eigenvalue weighted by molar-refractivity contribution is 5.94. The number of carboxylic acid groups (broad SMARTS) is 1. The van der Waals surface area contributed by atoms with E-state index < -0.39 is 11.4 Å². The summed E-state index contributed by atoms with van der Waals surface area (Å²) < 4.78 is 0. The maximum atomic E-state index is 12.4.